The molecule has 1 atom stereocenters. The van der Waals surface area contributed by atoms with Crippen molar-refractivity contribution in [1.29, 1.82) is 5.26 Å². The molecular weight excluding hydrogens is 321 g/mol. The van der Waals surface area contributed by atoms with Gasteiger partial charge in [-0.1, -0.05) is 24.3 Å². The highest BCUT2D eigenvalue weighted by atomic mass is 19.2. The number of nitriles is 1. The van der Waals surface area contributed by atoms with Crippen molar-refractivity contribution in [1.82, 2.24) is 5.32 Å². The predicted molar refractivity (Wildman–Crippen MR) is 79.3 cm³/mol. The van der Waals surface area contributed by atoms with Crippen LogP contribution >= 0.6 is 0 Å². The molecule has 0 bridgehead atoms. The monoisotopic (exact) mass is 332 g/mol. The van der Waals surface area contributed by atoms with Gasteiger partial charge in [-0.05, 0) is 23.3 Å². The maximum absolute atomic E-state index is 13.3. The molecule has 0 radical (unpaired) electrons. The zero-order valence-corrected chi connectivity index (χ0v) is 12.4. The Morgan fingerprint density at radius 2 is 1.58 bits per heavy atom. The maximum atomic E-state index is 13.3. The summed E-state index contributed by atoms with van der Waals surface area (Å²) in [4.78, 5) is 23.6. The summed E-state index contributed by atoms with van der Waals surface area (Å²) in [6.07, 6.45) is 0. The van der Waals surface area contributed by atoms with E-state index in [2.05, 4.69) is 5.32 Å². The Morgan fingerprint density at radius 3 is 2.04 bits per heavy atom. The highest BCUT2D eigenvalue weighted by molar-refractivity contribution is 6.12. The van der Waals surface area contributed by atoms with Crippen LogP contribution in [0.5, 0.6) is 0 Å². The van der Waals surface area contributed by atoms with Gasteiger partial charge in [-0.15, -0.1) is 0 Å². The predicted octanol–water partition coefficient (Wildman–Crippen LogP) is 2.84. The van der Waals surface area contributed by atoms with Crippen molar-refractivity contribution in [2.45, 2.75) is 0 Å². The average molecular weight is 332 g/mol. The maximum Gasteiger partial charge on any atom is 0.245 e. The summed E-state index contributed by atoms with van der Waals surface area (Å²) in [7, 11) is 1.31. The molecule has 0 fully saturated rings. The summed E-state index contributed by atoms with van der Waals surface area (Å²) in [6, 6.07) is 8.70. The highest BCUT2D eigenvalue weighted by Crippen LogP contribution is 2.24. The van der Waals surface area contributed by atoms with Crippen LogP contribution in [0.25, 0.3) is 11.1 Å². The number of halogens is 3. The first kappa shape index (κ1) is 17.2. The van der Waals surface area contributed by atoms with Gasteiger partial charge in [0.1, 0.15) is 0 Å². The zero-order valence-electron chi connectivity index (χ0n) is 12.4. The van der Waals surface area contributed by atoms with Crippen LogP contribution in [0.15, 0.2) is 36.4 Å². The molecular formula is C17H11F3N2O2. The van der Waals surface area contributed by atoms with Crippen LogP contribution in [0.4, 0.5) is 13.2 Å². The number of hydrogen-bond donors (Lipinski definition) is 1. The van der Waals surface area contributed by atoms with E-state index < -0.39 is 35.1 Å². The molecule has 0 saturated heterocycles. The Morgan fingerprint density at radius 1 is 1.04 bits per heavy atom. The third-order valence-electron chi connectivity index (χ3n) is 3.39. The minimum atomic E-state index is -1.56. The van der Waals surface area contributed by atoms with Crippen LogP contribution < -0.4 is 5.32 Å². The largest absolute Gasteiger partial charge is 0.358 e. The topological polar surface area (TPSA) is 70.0 Å². The van der Waals surface area contributed by atoms with E-state index in [4.69, 9.17) is 5.26 Å². The summed E-state index contributed by atoms with van der Waals surface area (Å²) in [5.74, 6) is -7.12. The molecule has 4 nitrogen and oxygen atoms in total. The van der Waals surface area contributed by atoms with E-state index in [1.165, 1.54) is 31.3 Å². The average Bonchev–Trinajstić information content (AvgIpc) is 2.59. The summed E-state index contributed by atoms with van der Waals surface area (Å²) >= 11 is 0. The SMILES string of the molecule is CNC(=O)[C@H](C#N)C(=O)c1ccc(-c2cc(F)c(F)c(F)c2)cc1. The van der Waals surface area contributed by atoms with Crippen molar-refractivity contribution in [2.24, 2.45) is 5.92 Å². The molecule has 2 rings (SSSR count). The van der Waals surface area contributed by atoms with Gasteiger partial charge in [0.15, 0.2) is 29.2 Å². The van der Waals surface area contributed by atoms with E-state index in [1.807, 2.05) is 0 Å². The number of rotatable bonds is 4. The zero-order chi connectivity index (χ0) is 17.9. The molecule has 2 aromatic rings. The van der Waals surface area contributed by atoms with Crippen molar-refractivity contribution in [3.8, 4) is 17.2 Å². The fraction of sp³-hybridized carbons (Fsp3) is 0.118. The lowest BCUT2D eigenvalue weighted by Gasteiger charge is -2.08. The number of nitrogens with one attached hydrogen (secondary N) is 1. The molecule has 122 valence electrons. The lowest BCUT2D eigenvalue weighted by molar-refractivity contribution is -0.121. The second-order valence-electron chi connectivity index (χ2n) is 4.87. The van der Waals surface area contributed by atoms with Gasteiger partial charge in [-0.2, -0.15) is 5.26 Å². The van der Waals surface area contributed by atoms with Gasteiger partial charge in [0.25, 0.3) is 0 Å². The van der Waals surface area contributed by atoms with Gasteiger partial charge >= 0.3 is 0 Å². The Hall–Kier alpha value is -3.14. The van der Waals surface area contributed by atoms with Crippen LogP contribution in [0, 0.1) is 34.7 Å². The molecule has 0 aliphatic rings. The molecule has 0 aliphatic carbocycles. The number of carbonyl (C=O) groups is 2. The molecule has 0 saturated carbocycles. The molecule has 0 aliphatic heterocycles. The fourth-order valence-corrected chi connectivity index (χ4v) is 2.10. The number of amides is 1. The van der Waals surface area contributed by atoms with Gasteiger partial charge in [0.05, 0.1) is 6.07 Å². The van der Waals surface area contributed by atoms with E-state index in [0.717, 1.165) is 12.1 Å². The molecule has 24 heavy (non-hydrogen) atoms. The molecule has 2 aromatic carbocycles. The van der Waals surface area contributed by atoms with Crippen LogP contribution in [0.2, 0.25) is 0 Å². The van der Waals surface area contributed by atoms with E-state index in [0.29, 0.717) is 5.56 Å². The fourth-order valence-electron chi connectivity index (χ4n) is 2.10. The smallest absolute Gasteiger partial charge is 0.245 e. The Balaban J connectivity index is 2.33. The number of benzene rings is 2. The first-order valence-corrected chi connectivity index (χ1v) is 6.79. The second kappa shape index (κ2) is 6.96. The van der Waals surface area contributed by atoms with Crippen LogP contribution in [-0.2, 0) is 4.79 Å². The lowest BCUT2D eigenvalue weighted by atomic mass is 9.96. The van der Waals surface area contributed by atoms with Crippen LogP contribution in [0.3, 0.4) is 0 Å². The van der Waals surface area contributed by atoms with E-state index in [-0.39, 0.29) is 11.1 Å². The molecule has 1 N–H and O–H groups in total. The number of Topliss-reactive ketones (excluding diaryl/α,β-unsaturated/α-hetero) is 1. The van der Waals surface area contributed by atoms with E-state index in [9.17, 15) is 22.8 Å². The van der Waals surface area contributed by atoms with Crippen molar-refractivity contribution in [3.63, 3.8) is 0 Å². The molecule has 0 unspecified atom stereocenters. The van der Waals surface area contributed by atoms with E-state index >= 15 is 0 Å². The highest BCUT2D eigenvalue weighted by Gasteiger charge is 2.26. The minimum absolute atomic E-state index is 0.0912. The number of carbonyl (C=O) groups excluding carboxylic acids is 2. The number of ketones is 1. The molecule has 0 aromatic heterocycles. The number of hydrogen-bond acceptors (Lipinski definition) is 3. The summed E-state index contributed by atoms with van der Waals surface area (Å²) < 4.78 is 39.5. The third kappa shape index (κ3) is 3.27. The molecule has 0 heterocycles. The Kier molecular flexibility index (Phi) is 4.99. The first-order chi connectivity index (χ1) is 11.4. The second-order valence-corrected chi connectivity index (χ2v) is 4.87. The lowest BCUT2D eigenvalue weighted by Crippen LogP contribution is -2.32. The molecule has 7 heteroatoms. The minimum Gasteiger partial charge on any atom is -0.358 e. The van der Waals surface area contributed by atoms with Crippen molar-refractivity contribution < 1.29 is 22.8 Å². The quantitative estimate of drug-likeness (QED) is 0.532. The van der Waals surface area contributed by atoms with E-state index in [1.54, 1.807) is 6.07 Å². The van der Waals surface area contributed by atoms with Gasteiger partial charge in [-0.25, -0.2) is 13.2 Å². The van der Waals surface area contributed by atoms with Crippen molar-refractivity contribution in [2.75, 3.05) is 7.05 Å². The first-order valence-electron chi connectivity index (χ1n) is 6.79. The third-order valence-corrected chi connectivity index (χ3v) is 3.39. The van der Waals surface area contributed by atoms with Gasteiger partial charge in [0, 0.05) is 12.6 Å². The van der Waals surface area contributed by atoms with Gasteiger partial charge in [-0.3, -0.25) is 9.59 Å². The van der Waals surface area contributed by atoms with Crippen LogP contribution in [-0.4, -0.2) is 18.7 Å². The normalized spacial score (nSPS) is 11.5. The molecule has 1 amide bonds. The van der Waals surface area contributed by atoms with Gasteiger partial charge < -0.3 is 5.32 Å². The summed E-state index contributed by atoms with van der Waals surface area (Å²) in [5, 5.41) is 11.1. The summed E-state index contributed by atoms with van der Waals surface area (Å²) in [6.45, 7) is 0. The van der Waals surface area contributed by atoms with Crippen molar-refractivity contribution in [3.05, 3.63) is 59.4 Å². The summed E-state index contributed by atoms with van der Waals surface area (Å²) in [5.41, 5.74) is 0.531. The standard InChI is InChI=1S/C17H11F3N2O2/c1-22-17(24)12(8-21)16(23)10-4-2-9(3-5-10)11-6-13(18)15(20)14(19)7-11/h2-7,12H,1H3,(H,22,24)/t12-/m1/s1. The number of nitrogens with zero attached hydrogens (tertiary/aromatic N) is 1. The van der Waals surface area contributed by atoms with Crippen molar-refractivity contribution >= 4 is 11.7 Å². The Bertz CT molecular complexity index is 819. The van der Waals surface area contributed by atoms with Gasteiger partial charge in [0.2, 0.25) is 5.91 Å². The molecule has 0 spiro atoms. The van der Waals surface area contributed by atoms with Crippen LogP contribution in [0.1, 0.15) is 10.4 Å². The Labute approximate surface area is 135 Å².